The fourth-order valence-electron chi connectivity index (χ4n) is 2.53. The maximum atomic E-state index is 11.7. The van der Waals surface area contributed by atoms with Crippen molar-refractivity contribution in [1.82, 2.24) is 4.90 Å². The third-order valence-electron chi connectivity index (χ3n) is 3.19. The first-order chi connectivity index (χ1) is 5.68. The normalized spacial score (nSPS) is 33.4. The van der Waals surface area contributed by atoms with E-state index in [-0.39, 0.29) is 5.92 Å². The van der Waals surface area contributed by atoms with Gasteiger partial charge in [-0.2, -0.15) is 0 Å². The molecule has 0 radical (unpaired) electrons. The van der Waals surface area contributed by atoms with Gasteiger partial charge >= 0.3 is 0 Å². The largest absolute Gasteiger partial charge is 0.339 e. The Morgan fingerprint density at radius 1 is 1.42 bits per heavy atom. The molecule has 2 bridgehead atoms. The lowest BCUT2D eigenvalue weighted by Gasteiger charge is -2.28. The van der Waals surface area contributed by atoms with Crippen molar-refractivity contribution in [3.63, 3.8) is 0 Å². The van der Waals surface area contributed by atoms with E-state index in [9.17, 15) is 4.79 Å². The summed E-state index contributed by atoms with van der Waals surface area (Å²) in [6.07, 6.45) is 3.88. The van der Waals surface area contributed by atoms with Crippen molar-refractivity contribution in [1.29, 1.82) is 0 Å². The number of likely N-dealkylation sites (tertiary alicyclic amines) is 1. The van der Waals surface area contributed by atoms with Crippen LogP contribution in [0.2, 0.25) is 0 Å². The zero-order chi connectivity index (χ0) is 8.72. The molecule has 0 spiro atoms. The highest BCUT2D eigenvalue weighted by Crippen LogP contribution is 2.37. The van der Waals surface area contributed by atoms with Gasteiger partial charge in [0.25, 0.3) is 0 Å². The van der Waals surface area contributed by atoms with Crippen LogP contribution in [0.1, 0.15) is 33.1 Å². The van der Waals surface area contributed by atoms with E-state index in [0.717, 1.165) is 12.5 Å². The second kappa shape index (κ2) is 2.75. The van der Waals surface area contributed by atoms with Gasteiger partial charge in [0.15, 0.2) is 0 Å². The van der Waals surface area contributed by atoms with Gasteiger partial charge < -0.3 is 4.90 Å². The molecule has 68 valence electrons. The van der Waals surface area contributed by atoms with E-state index in [2.05, 4.69) is 4.90 Å². The molecule has 1 saturated heterocycles. The molecule has 2 rings (SSSR count). The van der Waals surface area contributed by atoms with Crippen LogP contribution in [-0.2, 0) is 4.79 Å². The van der Waals surface area contributed by atoms with Gasteiger partial charge in [0.1, 0.15) is 0 Å². The van der Waals surface area contributed by atoms with Crippen LogP contribution >= 0.6 is 0 Å². The molecule has 12 heavy (non-hydrogen) atoms. The van der Waals surface area contributed by atoms with Crippen molar-refractivity contribution in [2.24, 2.45) is 11.8 Å². The Bertz CT molecular complexity index is 200. The smallest absolute Gasteiger partial charge is 0.225 e. The quantitative estimate of drug-likeness (QED) is 0.581. The number of hydrogen-bond donors (Lipinski definition) is 0. The molecule has 1 amide bonds. The molecule has 2 aliphatic rings. The molecule has 0 aromatic heterocycles. The van der Waals surface area contributed by atoms with Gasteiger partial charge in [-0.05, 0) is 25.2 Å². The lowest BCUT2D eigenvalue weighted by molar-refractivity contribution is -0.136. The van der Waals surface area contributed by atoms with Gasteiger partial charge in [0.05, 0.1) is 0 Å². The molecule has 0 aromatic carbocycles. The highest BCUT2D eigenvalue weighted by molar-refractivity contribution is 5.78. The van der Waals surface area contributed by atoms with Crippen LogP contribution < -0.4 is 0 Å². The molecule has 2 atom stereocenters. The molecule has 2 heteroatoms. The standard InChI is InChI=1S/C10H17NO/c1-7(2)10(12)11-6-8-3-4-9(11)5-8/h7-9H,3-6H2,1-2H3/t8-,9?/m0/s1. The average Bonchev–Trinajstić information content (AvgIpc) is 2.62. The minimum Gasteiger partial charge on any atom is -0.339 e. The summed E-state index contributed by atoms with van der Waals surface area (Å²) < 4.78 is 0. The Balaban J connectivity index is 2.02. The van der Waals surface area contributed by atoms with Crippen LogP contribution in [0, 0.1) is 11.8 Å². The van der Waals surface area contributed by atoms with Gasteiger partial charge in [0, 0.05) is 18.5 Å². The maximum Gasteiger partial charge on any atom is 0.225 e. The summed E-state index contributed by atoms with van der Waals surface area (Å²) >= 11 is 0. The summed E-state index contributed by atoms with van der Waals surface area (Å²) in [7, 11) is 0. The van der Waals surface area contributed by atoms with Gasteiger partial charge in [-0.25, -0.2) is 0 Å². The molecule has 0 N–H and O–H groups in total. The molecule has 1 saturated carbocycles. The highest BCUT2D eigenvalue weighted by atomic mass is 16.2. The van der Waals surface area contributed by atoms with Crippen molar-refractivity contribution < 1.29 is 4.79 Å². The fraction of sp³-hybridized carbons (Fsp3) is 0.900. The van der Waals surface area contributed by atoms with E-state index in [1.54, 1.807) is 0 Å². The fourth-order valence-corrected chi connectivity index (χ4v) is 2.53. The topological polar surface area (TPSA) is 20.3 Å². The lowest BCUT2D eigenvalue weighted by Crippen LogP contribution is -2.39. The van der Waals surface area contributed by atoms with Crippen molar-refractivity contribution in [3.8, 4) is 0 Å². The molecule has 1 unspecified atom stereocenters. The van der Waals surface area contributed by atoms with E-state index < -0.39 is 0 Å². The van der Waals surface area contributed by atoms with Crippen LogP contribution in [0.3, 0.4) is 0 Å². The number of nitrogens with zero attached hydrogens (tertiary/aromatic N) is 1. The average molecular weight is 167 g/mol. The van der Waals surface area contributed by atoms with Gasteiger partial charge in [-0.1, -0.05) is 13.8 Å². The molecular weight excluding hydrogens is 150 g/mol. The van der Waals surface area contributed by atoms with E-state index >= 15 is 0 Å². The molecule has 2 fully saturated rings. The SMILES string of the molecule is CC(C)C(=O)N1C[C@H]2CCC1C2. The Kier molecular flexibility index (Phi) is 1.85. The van der Waals surface area contributed by atoms with Crippen molar-refractivity contribution in [2.75, 3.05) is 6.54 Å². The third kappa shape index (κ3) is 1.13. The van der Waals surface area contributed by atoms with Crippen LogP contribution in [0.25, 0.3) is 0 Å². The van der Waals surface area contributed by atoms with Crippen LogP contribution in [0.4, 0.5) is 0 Å². The van der Waals surface area contributed by atoms with Crippen LogP contribution in [0.5, 0.6) is 0 Å². The summed E-state index contributed by atoms with van der Waals surface area (Å²) in [6.45, 7) is 5.03. The molecule has 0 aromatic rings. The second-order valence-electron chi connectivity index (χ2n) is 4.48. The first-order valence-electron chi connectivity index (χ1n) is 4.99. The third-order valence-corrected chi connectivity index (χ3v) is 3.19. The van der Waals surface area contributed by atoms with E-state index in [1.807, 2.05) is 13.8 Å². The number of hydrogen-bond acceptors (Lipinski definition) is 1. The Hall–Kier alpha value is -0.530. The molecule has 2 nitrogen and oxygen atoms in total. The molecule has 1 aliphatic carbocycles. The van der Waals surface area contributed by atoms with Crippen molar-refractivity contribution >= 4 is 5.91 Å². The summed E-state index contributed by atoms with van der Waals surface area (Å²) in [4.78, 5) is 13.8. The molecular formula is C10H17NO. The summed E-state index contributed by atoms with van der Waals surface area (Å²) in [5.41, 5.74) is 0. The Morgan fingerprint density at radius 2 is 2.17 bits per heavy atom. The molecule has 1 heterocycles. The minimum atomic E-state index is 0.185. The maximum absolute atomic E-state index is 11.7. The second-order valence-corrected chi connectivity index (χ2v) is 4.48. The monoisotopic (exact) mass is 167 g/mol. The summed E-state index contributed by atoms with van der Waals surface area (Å²) in [5, 5.41) is 0. The van der Waals surface area contributed by atoms with Crippen LogP contribution in [0.15, 0.2) is 0 Å². The van der Waals surface area contributed by atoms with Gasteiger partial charge in [-0.3, -0.25) is 4.79 Å². The van der Waals surface area contributed by atoms with E-state index in [4.69, 9.17) is 0 Å². The summed E-state index contributed by atoms with van der Waals surface area (Å²) in [6, 6.07) is 0.602. The predicted octanol–water partition coefficient (Wildman–Crippen LogP) is 1.65. The Morgan fingerprint density at radius 3 is 2.58 bits per heavy atom. The van der Waals surface area contributed by atoms with E-state index in [1.165, 1.54) is 19.3 Å². The van der Waals surface area contributed by atoms with Crippen LogP contribution in [-0.4, -0.2) is 23.4 Å². The van der Waals surface area contributed by atoms with Gasteiger partial charge in [0.2, 0.25) is 5.91 Å². The lowest BCUT2D eigenvalue weighted by atomic mass is 10.1. The predicted molar refractivity (Wildman–Crippen MR) is 47.7 cm³/mol. The zero-order valence-electron chi connectivity index (χ0n) is 7.92. The minimum absolute atomic E-state index is 0.185. The highest BCUT2D eigenvalue weighted by Gasteiger charge is 2.40. The van der Waals surface area contributed by atoms with Gasteiger partial charge in [-0.15, -0.1) is 0 Å². The Labute approximate surface area is 73.9 Å². The number of rotatable bonds is 1. The number of amides is 1. The van der Waals surface area contributed by atoms with E-state index in [0.29, 0.717) is 11.9 Å². The molecule has 1 aliphatic heterocycles. The van der Waals surface area contributed by atoms with Crippen molar-refractivity contribution in [3.05, 3.63) is 0 Å². The number of piperidine rings is 1. The summed E-state index contributed by atoms with van der Waals surface area (Å²) in [5.74, 6) is 1.38. The van der Waals surface area contributed by atoms with Crippen molar-refractivity contribution in [2.45, 2.75) is 39.2 Å². The number of carbonyl (C=O) groups is 1. The zero-order valence-corrected chi connectivity index (χ0v) is 7.92. The number of carbonyl (C=O) groups excluding carboxylic acids is 1. The first kappa shape index (κ1) is 8.09. The first-order valence-corrected chi connectivity index (χ1v) is 4.99. The number of fused-ring (bicyclic) bond motifs is 2.